The summed E-state index contributed by atoms with van der Waals surface area (Å²) in [6.45, 7) is 9.13. The molecule has 1 aromatic carbocycles. The minimum Gasteiger partial charge on any atom is -0.491 e. The van der Waals surface area contributed by atoms with E-state index in [-0.39, 0.29) is 42.4 Å². The summed E-state index contributed by atoms with van der Waals surface area (Å²) in [6, 6.07) is 2.38. The first-order chi connectivity index (χ1) is 19.2. The second-order valence-corrected chi connectivity index (χ2v) is 11.0. The first kappa shape index (κ1) is 31.6. The highest BCUT2D eigenvalue weighted by Gasteiger charge is 2.34. The van der Waals surface area contributed by atoms with Crippen LogP contribution in [0.15, 0.2) is 29.2 Å². The largest absolute Gasteiger partial charge is 0.491 e. The predicted molar refractivity (Wildman–Crippen MR) is 146 cm³/mol. The van der Waals surface area contributed by atoms with Crippen molar-refractivity contribution in [2.75, 3.05) is 26.8 Å². The van der Waals surface area contributed by atoms with Crippen LogP contribution < -0.4 is 15.5 Å². The molecule has 0 radical (unpaired) electrons. The molecule has 1 saturated heterocycles. The van der Waals surface area contributed by atoms with Crippen LogP contribution >= 0.6 is 0 Å². The maximum Gasteiger partial charge on any atom is 0.410 e. The van der Waals surface area contributed by atoms with Crippen molar-refractivity contribution >= 4 is 18.0 Å². The minimum absolute atomic E-state index is 0.0148. The van der Waals surface area contributed by atoms with Gasteiger partial charge >= 0.3 is 12.1 Å². The van der Waals surface area contributed by atoms with Gasteiger partial charge in [0.05, 0.1) is 19.8 Å². The van der Waals surface area contributed by atoms with Crippen LogP contribution in [0.3, 0.4) is 0 Å². The van der Waals surface area contributed by atoms with Crippen molar-refractivity contribution < 1.29 is 37.4 Å². The number of amides is 2. The van der Waals surface area contributed by atoms with Crippen LogP contribution in [0.5, 0.6) is 5.75 Å². The molecule has 0 bridgehead atoms. The average molecular weight is 578 g/mol. The molecule has 1 aliphatic heterocycles. The molecule has 1 fully saturated rings. The summed E-state index contributed by atoms with van der Waals surface area (Å²) in [6.07, 6.45) is 1.88. The van der Waals surface area contributed by atoms with Gasteiger partial charge in [-0.1, -0.05) is 13.0 Å². The molecule has 3 rings (SSSR count). The SMILES string of the molecule is CCOC(=O)c1c(OC)c(=O)c(C(=O)NCc2ccc(F)cc2F)cn1C1CCC(C)CN(C(=O)OC(C)(C)C)C1. The first-order valence-corrected chi connectivity index (χ1v) is 13.5. The van der Waals surface area contributed by atoms with E-state index in [0.29, 0.717) is 25.5 Å². The van der Waals surface area contributed by atoms with E-state index in [4.69, 9.17) is 14.2 Å². The number of likely N-dealkylation sites (tertiary alicyclic amines) is 1. The van der Waals surface area contributed by atoms with E-state index in [9.17, 15) is 28.0 Å². The van der Waals surface area contributed by atoms with Gasteiger partial charge in [0, 0.05) is 37.5 Å². The third-order valence-electron chi connectivity index (χ3n) is 6.57. The normalized spacial score (nSPS) is 17.4. The Kier molecular flexibility index (Phi) is 10.1. The molecule has 2 atom stereocenters. The number of nitrogens with one attached hydrogen (secondary N) is 1. The molecule has 0 spiro atoms. The van der Waals surface area contributed by atoms with Crippen LogP contribution in [0.25, 0.3) is 0 Å². The van der Waals surface area contributed by atoms with Gasteiger partial charge in [0.15, 0.2) is 11.4 Å². The van der Waals surface area contributed by atoms with Crippen LogP contribution in [-0.2, 0) is 16.0 Å². The lowest BCUT2D eigenvalue weighted by Crippen LogP contribution is -2.41. The van der Waals surface area contributed by atoms with Crippen LogP contribution in [0.1, 0.15) is 79.9 Å². The van der Waals surface area contributed by atoms with E-state index in [2.05, 4.69) is 5.32 Å². The number of hydrogen-bond donors (Lipinski definition) is 1. The minimum atomic E-state index is -0.866. The smallest absolute Gasteiger partial charge is 0.410 e. The standard InChI is InChI=1S/C29H37F2N3O7/c1-7-40-27(37)23-25(39-6)24(35)21(26(36)32-13-18-9-10-19(30)12-22(18)31)16-34(23)20-11-8-17(2)14-33(15-20)28(38)41-29(3,4)5/h9-10,12,16-17,20H,7-8,11,13-15H2,1-6H3,(H,32,36). The number of carbonyl (C=O) groups is 3. The molecule has 10 nitrogen and oxygen atoms in total. The van der Waals surface area contributed by atoms with Crippen molar-refractivity contribution in [1.82, 2.24) is 14.8 Å². The van der Waals surface area contributed by atoms with Gasteiger partial charge in [-0.2, -0.15) is 0 Å². The Hall–Kier alpha value is -3.96. The Morgan fingerprint density at radius 3 is 2.44 bits per heavy atom. The lowest BCUT2D eigenvalue weighted by atomic mass is 10.0. The van der Waals surface area contributed by atoms with E-state index < -0.39 is 52.4 Å². The second-order valence-electron chi connectivity index (χ2n) is 11.0. The number of aromatic nitrogens is 1. The maximum atomic E-state index is 14.1. The van der Waals surface area contributed by atoms with Crippen molar-refractivity contribution in [2.45, 2.75) is 65.6 Å². The Labute approximate surface area is 237 Å². The number of nitrogens with zero attached hydrogens (tertiary/aromatic N) is 2. The zero-order chi connectivity index (χ0) is 30.5. The third-order valence-corrected chi connectivity index (χ3v) is 6.57. The van der Waals surface area contributed by atoms with Gasteiger partial charge in [-0.3, -0.25) is 9.59 Å². The van der Waals surface area contributed by atoms with E-state index in [1.807, 2.05) is 6.92 Å². The zero-order valence-electron chi connectivity index (χ0n) is 24.2. The number of halogens is 2. The third kappa shape index (κ3) is 7.83. The Balaban J connectivity index is 2.07. The topological polar surface area (TPSA) is 116 Å². The highest BCUT2D eigenvalue weighted by Crippen LogP contribution is 2.30. The van der Waals surface area contributed by atoms with Crippen molar-refractivity contribution in [2.24, 2.45) is 5.92 Å². The van der Waals surface area contributed by atoms with Gasteiger partial charge in [-0.15, -0.1) is 0 Å². The first-order valence-electron chi connectivity index (χ1n) is 13.5. The second kappa shape index (κ2) is 13.1. The highest BCUT2D eigenvalue weighted by molar-refractivity contribution is 5.97. The maximum absolute atomic E-state index is 14.1. The fourth-order valence-electron chi connectivity index (χ4n) is 4.65. The Morgan fingerprint density at radius 1 is 1.12 bits per heavy atom. The number of rotatable bonds is 7. The van der Waals surface area contributed by atoms with Crippen molar-refractivity contribution in [3.63, 3.8) is 0 Å². The summed E-state index contributed by atoms with van der Waals surface area (Å²) in [5.74, 6) is -3.60. The molecule has 2 aromatic rings. The van der Waals surface area contributed by atoms with Crippen LogP contribution in [0.4, 0.5) is 13.6 Å². The number of ether oxygens (including phenoxy) is 3. The predicted octanol–water partition coefficient (Wildman–Crippen LogP) is 4.45. The van der Waals surface area contributed by atoms with E-state index in [1.54, 1.807) is 32.6 Å². The van der Waals surface area contributed by atoms with Crippen molar-refractivity contribution in [3.8, 4) is 5.75 Å². The quantitative estimate of drug-likeness (QED) is 0.484. The molecule has 2 unspecified atom stereocenters. The molecule has 1 aliphatic rings. The summed E-state index contributed by atoms with van der Waals surface area (Å²) in [5, 5.41) is 2.47. The number of carbonyl (C=O) groups excluding carboxylic acids is 3. The fraction of sp³-hybridized carbons (Fsp3) is 0.517. The fourth-order valence-corrected chi connectivity index (χ4v) is 4.65. The molecule has 1 aromatic heterocycles. The van der Waals surface area contributed by atoms with Crippen molar-refractivity contribution in [3.05, 3.63) is 63.1 Å². The molecule has 2 amide bonds. The van der Waals surface area contributed by atoms with Crippen LogP contribution in [0.2, 0.25) is 0 Å². The van der Waals surface area contributed by atoms with Crippen LogP contribution in [0, 0.1) is 17.6 Å². The van der Waals surface area contributed by atoms with Gasteiger partial charge in [-0.25, -0.2) is 18.4 Å². The lowest BCUT2D eigenvalue weighted by molar-refractivity contribution is 0.0218. The summed E-state index contributed by atoms with van der Waals surface area (Å²) in [4.78, 5) is 54.3. The number of esters is 1. The Bertz CT molecular complexity index is 1350. The number of pyridine rings is 1. The highest BCUT2D eigenvalue weighted by atomic mass is 19.1. The summed E-state index contributed by atoms with van der Waals surface area (Å²) in [7, 11) is 1.20. The van der Waals surface area contributed by atoms with E-state index in [0.717, 1.165) is 6.07 Å². The van der Waals surface area contributed by atoms with E-state index >= 15 is 0 Å². The number of benzene rings is 1. The molecule has 41 heavy (non-hydrogen) atoms. The Morgan fingerprint density at radius 2 is 1.83 bits per heavy atom. The molecule has 2 heterocycles. The van der Waals surface area contributed by atoms with Gasteiger partial charge in [-0.05, 0) is 52.5 Å². The zero-order valence-corrected chi connectivity index (χ0v) is 24.2. The monoisotopic (exact) mass is 577 g/mol. The molecular formula is C29H37F2N3O7. The summed E-state index contributed by atoms with van der Waals surface area (Å²) in [5.41, 5.74) is -2.13. The van der Waals surface area contributed by atoms with Crippen molar-refractivity contribution in [1.29, 1.82) is 0 Å². The lowest BCUT2D eigenvalue weighted by Gasteiger charge is -2.30. The van der Waals surface area contributed by atoms with Gasteiger partial charge in [0.2, 0.25) is 5.43 Å². The average Bonchev–Trinajstić information content (AvgIpc) is 3.08. The van der Waals surface area contributed by atoms with E-state index in [1.165, 1.54) is 23.9 Å². The molecule has 224 valence electrons. The van der Waals surface area contributed by atoms with Gasteiger partial charge in [0.25, 0.3) is 5.91 Å². The summed E-state index contributed by atoms with van der Waals surface area (Å²) < 4.78 is 45.0. The number of methoxy groups -OCH3 is 1. The van der Waals surface area contributed by atoms with Gasteiger partial charge in [0.1, 0.15) is 22.8 Å². The van der Waals surface area contributed by atoms with Crippen LogP contribution in [-0.4, -0.2) is 59.8 Å². The molecule has 0 aliphatic carbocycles. The molecule has 12 heteroatoms. The number of hydrogen-bond acceptors (Lipinski definition) is 7. The molecule has 1 N–H and O–H groups in total. The van der Waals surface area contributed by atoms with Gasteiger partial charge < -0.3 is 29.0 Å². The summed E-state index contributed by atoms with van der Waals surface area (Å²) >= 11 is 0. The molecular weight excluding hydrogens is 540 g/mol. The molecule has 0 saturated carbocycles.